The van der Waals surface area contributed by atoms with Gasteiger partial charge in [0.1, 0.15) is 24.0 Å². The SMILES string of the molecule is Cc1cc(F)ccc1S(=O)(=O)NCc1ccc(OCc2ccc(F)cc2)cc1. The van der Waals surface area contributed by atoms with Crippen LogP contribution in [0.5, 0.6) is 5.75 Å². The number of nitrogens with one attached hydrogen (secondary N) is 1. The van der Waals surface area contributed by atoms with Crippen LogP contribution in [0.4, 0.5) is 8.78 Å². The molecule has 7 heteroatoms. The maximum Gasteiger partial charge on any atom is 0.241 e. The maximum absolute atomic E-state index is 13.2. The number of hydrogen-bond donors (Lipinski definition) is 1. The Morgan fingerprint density at radius 3 is 2.11 bits per heavy atom. The fraction of sp³-hybridized carbons (Fsp3) is 0.143. The molecule has 3 aromatic rings. The first-order chi connectivity index (χ1) is 13.3. The van der Waals surface area contributed by atoms with E-state index in [0.717, 1.165) is 17.2 Å². The van der Waals surface area contributed by atoms with Crippen molar-refractivity contribution in [2.45, 2.75) is 25.0 Å². The number of sulfonamides is 1. The second kappa shape index (κ2) is 8.50. The highest BCUT2D eigenvalue weighted by Crippen LogP contribution is 2.18. The molecule has 0 saturated carbocycles. The largest absolute Gasteiger partial charge is 0.489 e. The normalized spacial score (nSPS) is 11.4. The van der Waals surface area contributed by atoms with Crippen LogP contribution in [-0.2, 0) is 23.2 Å². The van der Waals surface area contributed by atoms with E-state index < -0.39 is 15.8 Å². The van der Waals surface area contributed by atoms with E-state index in [9.17, 15) is 17.2 Å². The lowest BCUT2D eigenvalue weighted by atomic mass is 10.2. The van der Waals surface area contributed by atoms with Gasteiger partial charge in [-0.05, 0) is 66.1 Å². The Morgan fingerprint density at radius 1 is 0.857 bits per heavy atom. The van der Waals surface area contributed by atoms with Crippen LogP contribution in [0.1, 0.15) is 16.7 Å². The first kappa shape index (κ1) is 20.0. The predicted molar refractivity (Wildman–Crippen MR) is 102 cm³/mol. The van der Waals surface area contributed by atoms with Crippen molar-refractivity contribution < 1.29 is 21.9 Å². The zero-order valence-corrected chi connectivity index (χ0v) is 16.0. The van der Waals surface area contributed by atoms with Gasteiger partial charge in [-0.25, -0.2) is 21.9 Å². The zero-order valence-electron chi connectivity index (χ0n) is 15.2. The lowest BCUT2D eigenvalue weighted by molar-refractivity contribution is 0.306. The third kappa shape index (κ3) is 5.15. The van der Waals surface area contributed by atoms with Gasteiger partial charge in [0.2, 0.25) is 10.0 Å². The molecule has 0 aliphatic carbocycles. The molecule has 0 bridgehead atoms. The number of aryl methyl sites for hydroxylation is 1. The molecule has 0 aromatic heterocycles. The van der Waals surface area contributed by atoms with Crippen LogP contribution in [-0.4, -0.2) is 8.42 Å². The molecule has 0 unspecified atom stereocenters. The second-order valence-electron chi connectivity index (χ2n) is 6.29. The van der Waals surface area contributed by atoms with E-state index in [1.807, 2.05) is 0 Å². The van der Waals surface area contributed by atoms with Crippen LogP contribution in [0.3, 0.4) is 0 Å². The summed E-state index contributed by atoms with van der Waals surface area (Å²) >= 11 is 0. The van der Waals surface area contributed by atoms with Gasteiger partial charge in [-0.15, -0.1) is 0 Å². The second-order valence-corrected chi connectivity index (χ2v) is 8.03. The van der Waals surface area contributed by atoms with Gasteiger partial charge in [0, 0.05) is 6.54 Å². The molecule has 0 fully saturated rings. The lowest BCUT2D eigenvalue weighted by Gasteiger charge is -2.10. The number of rotatable bonds is 7. The van der Waals surface area contributed by atoms with Crippen LogP contribution in [0.2, 0.25) is 0 Å². The topological polar surface area (TPSA) is 55.4 Å². The monoisotopic (exact) mass is 403 g/mol. The van der Waals surface area contributed by atoms with E-state index in [2.05, 4.69) is 4.72 Å². The Bertz CT molecular complexity index is 1050. The lowest BCUT2D eigenvalue weighted by Crippen LogP contribution is -2.24. The van der Waals surface area contributed by atoms with Gasteiger partial charge in [0.15, 0.2) is 0 Å². The number of hydrogen-bond acceptors (Lipinski definition) is 3. The summed E-state index contributed by atoms with van der Waals surface area (Å²) in [6.45, 7) is 1.94. The number of halogens is 2. The highest BCUT2D eigenvalue weighted by atomic mass is 32.2. The number of benzene rings is 3. The van der Waals surface area contributed by atoms with Crippen LogP contribution in [0.15, 0.2) is 71.6 Å². The van der Waals surface area contributed by atoms with Crippen LogP contribution < -0.4 is 9.46 Å². The molecule has 0 radical (unpaired) electrons. The first-order valence-corrected chi connectivity index (χ1v) is 10.0. The average Bonchev–Trinajstić information content (AvgIpc) is 2.66. The van der Waals surface area contributed by atoms with Crippen LogP contribution in [0.25, 0.3) is 0 Å². The number of ether oxygens (including phenoxy) is 1. The van der Waals surface area contributed by atoms with E-state index in [1.165, 1.54) is 24.3 Å². The molecule has 0 heterocycles. The van der Waals surface area contributed by atoms with Crippen molar-refractivity contribution in [3.8, 4) is 5.75 Å². The van der Waals surface area contributed by atoms with Gasteiger partial charge >= 0.3 is 0 Å². The van der Waals surface area contributed by atoms with E-state index in [-0.39, 0.29) is 17.3 Å². The molecule has 0 spiro atoms. The molecule has 0 amide bonds. The Morgan fingerprint density at radius 2 is 1.46 bits per heavy atom. The van der Waals surface area contributed by atoms with Crippen LogP contribution >= 0.6 is 0 Å². The van der Waals surface area contributed by atoms with Gasteiger partial charge in [0.05, 0.1) is 4.90 Å². The zero-order chi connectivity index (χ0) is 20.1. The van der Waals surface area contributed by atoms with Crippen molar-refractivity contribution in [3.63, 3.8) is 0 Å². The third-order valence-electron chi connectivity index (χ3n) is 4.13. The molecular weight excluding hydrogens is 384 g/mol. The minimum Gasteiger partial charge on any atom is -0.489 e. The Labute approximate surface area is 162 Å². The van der Waals surface area contributed by atoms with E-state index in [1.54, 1.807) is 43.3 Å². The van der Waals surface area contributed by atoms with Crippen molar-refractivity contribution in [1.82, 2.24) is 4.72 Å². The molecule has 0 aliphatic heterocycles. The molecular formula is C21H19F2NO3S. The summed E-state index contributed by atoms with van der Waals surface area (Å²) in [6.07, 6.45) is 0. The fourth-order valence-corrected chi connectivity index (χ4v) is 3.86. The quantitative estimate of drug-likeness (QED) is 0.639. The Balaban J connectivity index is 1.58. The van der Waals surface area contributed by atoms with Crippen molar-refractivity contribution in [1.29, 1.82) is 0 Å². The highest BCUT2D eigenvalue weighted by molar-refractivity contribution is 7.89. The van der Waals surface area contributed by atoms with Crippen LogP contribution in [0, 0.1) is 18.6 Å². The van der Waals surface area contributed by atoms with E-state index >= 15 is 0 Å². The van der Waals surface area contributed by atoms with Crippen molar-refractivity contribution >= 4 is 10.0 Å². The summed E-state index contributed by atoms with van der Waals surface area (Å²) in [5, 5.41) is 0. The van der Waals surface area contributed by atoms with Crippen molar-refractivity contribution in [2.24, 2.45) is 0 Å². The van der Waals surface area contributed by atoms with E-state index in [0.29, 0.717) is 17.9 Å². The molecule has 4 nitrogen and oxygen atoms in total. The molecule has 1 N–H and O–H groups in total. The molecule has 0 saturated heterocycles. The predicted octanol–water partition coefficient (Wildman–Crippen LogP) is 4.33. The standard InChI is InChI=1S/C21H19F2NO3S/c1-15-12-19(23)8-11-21(15)28(25,26)24-13-16-4-9-20(10-5-16)27-14-17-2-6-18(22)7-3-17/h2-12,24H,13-14H2,1H3. The highest BCUT2D eigenvalue weighted by Gasteiger charge is 2.16. The van der Waals surface area contributed by atoms with Crippen molar-refractivity contribution in [3.05, 3.63) is 95.1 Å². The molecule has 146 valence electrons. The summed E-state index contributed by atoms with van der Waals surface area (Å²) < 4.78 is 59.0. The summed E-state index contributed by atoms with van der Waals surface area (Å²) in [5.74, 6) is -0.163. The minimum atomic E-state index is -3.74. The minimum absolute atomic E-state index is 0.0492. The summed E-state index contributed by atoms with van der Waals surface area (Å²) in [5.41, 5.74) is 1.93. The van der Waals surface area contributed by atoms with Gasteiger partial charge in [-0.2, -0.15) is 0 Å². The molecule has 0 aliphatic rings. The van der Waals surface area contributed by atoms with E-state index in [4.69, 9.17) is 4.74 Å². The summed E-state index contributed by atoms with van der Waals surface area (Å²) in [4.78, 5) is 0.0492. The molecule has 0 atom stereocenters. The van der Waals surface area contributed by atoms with Crippen molar-refractivity contribution in [2.75, 3.05) is 0 Å². The van der Waals surface area contributed by atoms with Gasteiger partial charge in [-0.3, -0.25) is 0 Å². The smallest absolute Gasteiger partial charge is 0.241 e. The Hall–Kier alpha value is -2.77. The molecule has 3 aromatic carbocycles. The molecule has 28 heavy (non-hydrogen) atoms. The summed E-state index contributed by atoms with van der Waals surface area (Å²) in [7, 11) is -3.74. The maximum atomic E-state index is 13.2. The van der Waals surface area contributed by atoms with Gasteiger partial charge in [0.25, 0.3) is 0 Å². The first-order valence-electron chi connectivity index (χ1n) is 8.55. The van der Waals surface area contributed by atoms with Gasteiger partial charge in [-0.1, -0.05) is 24.3 Å². The molecule has 3 rings (SSSR count). The Kier molecular flexibility index (Phi) is 6.06. The third-order valence-corrected chi connectivity index (χ3v) is 5.70. The fourth-order valence-electron chi connectivity index (χ4n) is 2.62. The summed E-state index contributed by atoms with van der Waals surface area (Å²) in [6, 6.07) is 16.6. The van der Waals surface area contributed by atoms with Gasteiger partial charge < -0.3 is 4.74 Å². The average molecular weight is 403 g/mol.